The van der Waals surface area contributed by atoms with Gasteiger partial charge in [0.25, 0.3) is 0 Å². The van der Waals surface area contributed by atoms with Crippen LogP contribution in [0.3, 0.4) is 0 Å². The Labute approximate surface area is 116 Å². The molecular weight excluding hydrogens is 321 g/mol. The Hall–Kier alpha value is -1.96. The van der Waals surface area contributed by atoms with E-state index >= 15 is 0 Å². The molecule has 0 aliphatic carbocycles. The minimum absolute atomic E-state index is 0.0868. The van der Waals surface area contributed by atoms with Crippen molar-refractivity contribution in [3.8, 4) is 5.75 Å². The molecule has 0 bridgehead atoms. The van der Waals surface area contributed by atoms with E-state index in [1.165, 1.54) is 0 Å². The van der Waals surface area contributed by atoms with Crippen molar-refractivity contribution >= 4 is 21.6 Å². The summed E-state index contributed by atoms with van der Waals surface area (Å²) in [5, 5.41) is 14.8. The number of hydrogen-bond acceptors (Lipinski definition) is 4. The molecule has 2 rings (SSSR count). The van der Waals surface area contributed by atoms with E-state index in [1.807, 2.05) is 0 Å². The molecule has 0 saturated carbocycles. The SMILES string of the molecule is O=[N+]([O-])c1ccc(F)cc1OCCn1cc(Br)cn1. The summed E-state index contributed by atoms with van der Waals surface area (Å²) in [5.74, 6) is -0.668. The summed E-state index contributed by atoms with van der Waals surface area (Å²) in [6, 6.07) is 3.10. The van der Waals surface area contributed by atoms with Gasteiger partial charge in [-0.25, -0.2) is 4.39 Å². The van der Waals surface area contributed by atoms with Crippen molar-refractivity contribution in [2.75, 3.05) is 6.61 Å². The van der Waals surface area contributed by atoms with Crippen LogP contribution < -0.4 is 4.74 Å². The lowest BCUT2D eigenvalue weighted by Gasteiger charge is -2.06. The number of benzene rings is 1. The monoisotopic (exact) mass is 329 g/mol. The van der Waals surface area contributed by atoms with Crippen molar-refractivity contribution in [2.45, 2.75) is 6.54 Å². The van der Waals surface area contributed by atoms with Crippen molar-refractivity contribution in [1.29, 1.82) is 0 Å². The first-order chi connectivity index (χ1) is 9.06. The van der Waals surface area contributed by atoms with Crippen molar-refractivity contribution in [3.05, 3.63) is 51.0 Å². The van der Waals surface area contributed by atoms with E-state index < -0.39 is 10.7 Å². The Balaban J connectivity index is 2.02. The molecule has 19 heavy (non-hydrogen) atoms. The first kappa shape index (κ1) is 13.5. The largest absolute Gasteiger partial charge is 0.485 e. The number of rotatable bonds is 5. The highest BCUT2D eigenvalue weighted by Gasteiger charge is 2.15. The number of halogens is 2. The number of nitrogens with zero attached hydrogens (tertiary/aromatic N) is 3. The van der Waals surface area contributed by atoms with Gasteiger partial charge in [0, 0.05) is 18.3 Å². The molecule has 0 spiro atoms. The second-order valence-corrected chi connectivity index (χ2v) is 4.55. The van der Waals surface area contributed by atoms with E-state index in [1.54, 1.807) is 17.1 Å². The number of ether oxygens (including phenoxy) is 1. The van der Waals surface area contributed by atoms with Gasteiger partial charge in [-0.1, -0.05) is 0 Å². The molecule has 1 aromatic carbocycles. The fourth-order valence-electron chi connectivity index (χ4n) is 1.46. The lowest BCUT2D eigenvalue weighted by atomic mass is 10.3. The predicted molar refractivity (Wildman–Crippen MR) is 68.5 cm³/mol. The van der Waals surface area contributed by atoms with Crippen LogP contribution in [0.15, 0.2) is 35.1 Å². The third kappa shape index (κ3) is 3.50. The van der Waals surface area contributed by atoms with Crippen LogP contribution in [0.2, 0.25) is 0 Å². The summed E-state index contributed by atoms with van der Waals surface area (Å²) in [5.41, 5.74) is -0.261. The van der Waals surface area contributed by atoms with Crippen LogP contribution in [0.5, 0.6) is 5.75 Å². The molecule has 0 amide bonds. The Morgan fingerprint density at radius 3 is 2.95 bits per heavy atom. The normalized spacial score (nSPS) is 10.4. The second-order valence-electron chi connectivity index (χ2n) is 3.64. The molecule has 0 fully saturated rings. The van der Waals surface area contributed by atoms with E-state index in [2.05, 4.69) is 21.0 Å². The van der Waals surface area contributed by atoms with Gasteiger partial charge in [-0.3, -0.25) is 14.8 Å². The third-order valence-corrected chi connectivity index (χ3v) is 2.71. The van der Waals surface area contributed by atoms with Crippen molar-refractivity contribution in [1.82, 2.24) is 9.78 Å². The van der Waals surface area contributed by atoms with Crippen LogP contribution in [0, 0.1) is 15.9 Å². The van der Waals surface area contributed by atoms with Crippen molar-refractivity contribution in [3.63, 3.8) is 0 Å². The standard InChI is InChI=1S/C11H9BrFN3O3/c12-8-6-14-15(7-8)3-4-19-11-5-9(13)1-2-10(11)16(17)18/h1-2,5-7H,3-4H2. The Morgan fingerprint density at radius 2 is 2.32 bits per heavy atom. The average Bonchev–Trinajstić information content (AvgIpc) is 2.75. The molecule has 2 aromatic rings. The highest BCUT2D eigenvalue weighted by Crippen LogP contribution is 2.27. The van der Waals surface area contributed by atoms with Gasteiger partial charge in [0.2, 0.25) is 0 Å². The van der Waals surface area contributed by atoms with Crippen molar-refractivity contribution in [2.24, 2.45) is 0 Å². The van der Waals surface area contributed by atoms with Gasteiger partial charge in [0.15, 0.2) is 5.75 Å². The number of aromatic nitrogens is 2. The highest BCUT2D eigenvalue weighted by atomic mass is 79.9. The van der Waals surface area contributed by atoms with Crippen LogP contribution >= 0.6 is 15.9 Å². The van der Waals surface area contributed by atoms with Gasteiger partial charge in [-0.2, -0.15) is 5.10 Å². The molecule has 1 heterocycles. The maximum absolute atomic E-state index is 13.0. The van der Waals surface area contributed by atoms with Crippen LogP contribution in [0.25, 0.3) is 0 Å². The summed E-state index contributed by atoms with van der Waals surface area (Å²) in [4.78, 5) is 10.1. The first-order valence-electron chi connectivity index (χ1n) is 5.31. The third-order valence-electron chi connectivity index (χ3n) is 2.30. The van der Waals surface area contributed by atoms with Crippen LogP contribution in [0.4, 0.5) is 10.1 Å². The van der Waals surface area contributed by atoms with Gasteiger partial charge in [-0.15, -0.1) is 0 Å². The number of nitro groups is 1. The second kappa shape index (κ2) is 5.79. The quantitative estimate of drug-likeness (QED) is 0.624. The molecule has 1 aromatic heterocycles. The Morgan fingerprint density at radius 1 is 1.53 bits per heavy atom. The van der Waals surface area contributed by atoms with Gasteiger partial charge >= 0.3 is 5.69 Å². The van der Waals surface area contributed by atoms with E-state index in [0.29, 0.717) is 6.54 Å². The smallest absolute Gasteiger partial charge is 0.311 e. The Bertz CT molecular complexity index is 603. The first-order valence-corrected chi connectivity index (χ1v) is 6.10. The molecule has 0 unspecified atom stereocenters. The maximum atomic E-state index is 13.0. The molecule has 8 heteroatoms. The summed E-state index contributed by atoms with van der Waals surface area (Å²) in [6.07, 6.45) is 3.36. The Kier molecular flexibility index (Phi) is 4.10. The zero-order valence-electron chi connectivity index (χ0n) is 9.62. The molecule has 0 N–H and O–H groups in total. The fraction of sp³-hybridized carbons (Fsp3) is 0.182. The maximum Gasteiger partial charge on any atom is 0.311 e. The molecular formula is C11H9BrFN3O3. The van der Waals surface area contributed by atoms with Crippen LogP contribution in [0.1, 0.15) is 0 Å². The average molecular weight is 330 g/mol. The van der Waals surface area contributed by atoms with E-state index in [9.17, 15) is 14.5 Å². The topological polar surface area (TPSA) is 70.2 Å². The van der Waals surface area contributed by atoms with Crippen molar-refractivity contribution < 1.29 is 14.1 Å². The van der Waals surface area contributed by atoms with Gasteiger partial charge in [-0.05, 0) is 22.0 Å². The lowest BCUT2D eigenvalue weighted by Crippen LogP contribution is -2.09. The molecule has 0 saturated heterocycles. The van der Waals surface area contributed by atoms with Gasteiger partial charge in [0.1, 0.15) is 12.4 Å². The fourth-order valence-corrected chi connectivity index (χ4v) is 1.79. The van der Waals surface area contributed by atoms with Crippen LogP contribution in [-0.4, -0.2) is 21.3 Å². The molecule has 100 valence electrons. The summed E-state index contributed by atoms with van der Waals surface area (Å²) >= 11 is 3.25. The van der Waals surface area contributed by atoms with Gasteiger partial charge in [0.05, 0.1) is 22.1 Å². The molecule has 6 nitrogen and oxygen atoms in total. The highest BCUT2D eigenvalue weighted by molar-refractivity contribution is 9.10. The zero-order chi connectivity index (χ0) is 13.8. The minimum Gasteiger partial charge on any atom is -0.485 e. The van der Waals surface area contributed by atoms with Crippen LogP contribution in [-0.2, 0) is 6.54 Å². The lowest BCUT2D eigenvalue weighted by molar-refractivity contribution is -0.385. The van der Waals surface area contributed by atoms with Gasteiger partial charge < -0.3 is 4.74 Å². The van der Waals surface area contributed by atoms with E-state index in [-0.39, 0.29) is 18.0 Å². The number of nitro benzene ring substituents is 1. The zero-order valence-corrected chi connectivity index (χ0v) is 11.2. The molecule has 0 atom stereocenters. The van der Waals surface area contributed by atoms with E-state index in [4.69, 9.17) is 4.74 Å². The number of hydrogen-bond donors (Lipinski definition) is 0. The summed E-state index contributed by atoms with van der Waals surface area (Å²) < 4.78 is 20.7. The summed E-state index contributed by atoms with van der Waals surface area (Å²) in [7, 11) is 0. The molecule has 0 radical (unpaired) electrons. The predicted octanol–water partition coefficient (Wildman–Crippen LogP) is 2.77. The minimum atomic E-state index is -0.612. The van der Waals surface area contributed by atoms with E-state index in [0.717, 1.165) is 22.7 Å². The summed E-state index contributed by atoms with van der Waals surface area (Å²) in [6.45, 7) is 0.553. The molecule has 0 aliphatic rings. The molecule has 0 aliphatic heterocycles.